The van der Waals surface area contributed by atoms with Gasteiger partial charge in [0.2, 0.25) is 0 Å². The van der Waals surface area contributed by atoms with E-state index in [0.717, 1.165) is 56.7 Å². The second-order valence-corrected chi connectivity index (χ2v) is 11.8. The van der Waals surface area contributed by atoms with Crippen LogP contribution in [0.25, 0.3) is 11.3 Å². The summed E-state index contributed by atoms with van der Waals surface area (Å²) in [5, 5.41) is 17.2. The number of benzene rings is 2. The van der Waals surface area contributed by atoms with Crippen molar-refractivity contribution in [2.75, 3.05) is 61.8 Å². The molecule has 6 rings (SSSR count). The minimum Gasteiger partial charge on any atom is -0.391 e. The van der Waals surface area contributed by atoms with Crippen LogP contribution in [0.4, 0.5) is 23.0 Å². The number of nitrogens with one attached hydrogen (secondary N) is 2. The molecule has 2 atom stereocenters. The molecule has 1 amide bonds. The number of piperidine rings is 1. The van der Waals surface area contributed by atoms with Crippen LogP contribution in [0.1, 0.15) is 42.6 Å². The molecular formula is C32H42N8O2. The van der Waals surface area contributed by atoms with E-state index in [2.05, 4.69) is 49.5 Å². The minimum atomic E-state index is -0.658. The van der Waals surface area contributed by atoms with Crippen LogP contribution in [0.15, 0.2) is 54.6 Å². The average molecular weight is 571 g/mol. The SMILES string of the molecule is CN1CCN(C2CCN(c3ccc(Nc4nc(N[C@@H]5CCC[C@@H]5O)c(-c5ccccc5)nc4C(N)=O)cc3)CC2)CC1. The van der Waals surface area contributed by atoms with Crippen molar-refractivity contribution in [1.29, 1.82) is 0 Å². The van der Waals surface area contributed by atoms with E-state index in [-0.39, 0.29) is 17.6 Å². The molecule has 10 heteroatoms. The lowest BCUT2D eigenvalue weighted by atomic mass is 10.0. The molecule has 2 aromatic carbocycles. The van der Waals surface area contributed by atoms with Crippen LogP contribution in [-0.4, -0.2) is 95.3 Å². The van der Waals surface area contributed by atoms with Gasteiger partial charge in [0.05, 0.1) is 12.1 Å². The van der Waals surface area contributed by atoms with Gasteiger partial charge in [-0.05, 0) is 63.4 Å². The quantitative estimate of drug-likeness (QED) is 0.322. The Hall–Kier alpha value is -3.73. The number of carbonyl (C=O) groups excluding carboxylic acids is 1. The molecule has 42 heavy (non-hydrogen) atoms. The zero-order valence-electron chi connectivity index (χ0n) is 24.4. The molecule has 3 aromatic rings. The van der Waals surface area contributed by atoms with Gasteiger partial charge in [-0.3, -0.25) is 9.69 Å². The first-order chi connectivity index (χ1) is 20.4. The largest absolute Gasteiger partial charge is 0.391 e. The van der Waals surface area contributed by atoms with E-state index in [0.29, 0.717) is 17.6 Å². The summed E-state index contributed by atoms with van der Waals surface area (Å²) in [6, 6.07) is 18.4. The van der Waals surface area contributed by atoms with Gasteiger partial charge in [-0.1, -0.05) is 30.3 Å². The third-order valence-electron chi connectivity index (χ3n) is 8.99. The van der Waals surface area contributed by atoms with E-state index in [1.165, 1.54) is 31.6 Å². The fourth-order valence-corrected chi connectivity index (χ4v) is 6.45. The maximum absolute atomic E-state index is 12.5. The maximum Gasteiger partial charge on any atom is 0.271 e. The highest BCUT2D eigenvalue weighted by atomic mass is 16.3. The zero-order chi connectivity index (χ0) is 29.1. The Labute approximate surface area is 247 Å². The monoisotopic (exact) mass is 570 g/mol. The molecular weight excluding hydrogens is 528 g/mol. The average Bonchev–Trinajstić information content (AvgIpc) is 3.42. The molecule has 0 bridgehead atoms. The summed E-state index contributed by atoms with van der Waals surface area (Å²) in [6.45, 7) is 6.75. The number of likely N-dealkylation sites (N-methyl/N-ethyl adjacent to an activating group) is 1. The molecule has 0 spiro atoms. The third kappa shape index (κ3) is 6.35. The number of nitrogens with zero attached hydrogens (tertiary/aromatic N) is 5. The molecule has 5 N–H and O–H groups in total. The highest BCUT2D eigenvalue weighted by molar-refractivity contribution is 5.97. The van der Waals surface area contributed by atoms with Crippen LogP contribution in [0.5, 0.6) is 0 Å². The highest BCUT2D eigenvalue weighted by Crippen LogP contribution is 2.32. The van der Waals surface area contributed by atoms with Crippen LogP contribution in [-0.2, 0) is 0 Å². The normalized spacial score (nSPS) is 22.3. The van der Waals surface area contributed by atoms with Crippen molar-refractivity contribution >= 4 is 28.9 Å². The summed E-state index contributed by atoms with van der Waals surface area (Å²) in [4.78, 5) is 29.6. The number of hydrogen-bond acceptors (Lipinski definition) is 9. The topological polar surface area (TPSA) is 123 Å². The van der Waals surface area contributed by atoms with Crippen molar-refractivity contribution in [3.63, 3.8) is 0 Å². The second kappa shape index (κ2) is 12.6. The summed E-state index contributed by atoms with van der Waals surface area (Å²) >= 11 is 0. The highest BCUT2D eigenvalue weighted by Gasteiger charge is 2.29. The Morgan fingerprint density at radius 1 is 0.881 bits per heavy atom. The number of aliphatic hydroxyl groups excluding tert-OH is 1. The molecule has 10 nitrogen and oxygen atoms in total. The lowest BCUT2D eigenvalue weighted by molar-refractivity contribution is 0.0982. The maximum atomic E-state index is 12.5. The van der Waals surface area contributed by atoms with Gasteiger partial charge in [0.25, 0.3) is 5.91 Å². The number of nitrogens with two attached hydrogens (primary N) is 1. The Kier molecular flexibility index (Phi) is 8.55. The van der Waals surface area contributed by atoms with Crippen LogP contribution >= 0.6 is 0 Å². The summed E-state index contributed by atoms with van der Waals surface area (Å²) < 4.78 is 0. The predicted molar refractivity (Wildman–Crippen MR) is 167 cm³/mol. The summed E-state index contributed by atoms with van der Waals surface area (Å²) in [5.74, 6) is 0.145. The van der Waals surface area contributed by atoms with Crippen molar-refractivity contribution in [2.24, 2.45) is 5.73 Å². The summed E-state index contributed by atoms with van der Waals surface area (Å²) in [7, 11) is 2.21. The van der Waals surface area contributed by atoms with Crippen molar-refractivity contribution in [3.05, 3.63) is 60.3 Å². The fraction of sp³-hybridized carbons (Fsp3) is 0.469. The van der Waals surface area contributed by atoms with Gasteiger partial charge in [-0.15, -0.1) is 0 Å². The zero-order valence-corrected chi connectivity index (χ0v) is 24.4. The fourth-order valence-electron chi connectivity index (χ4n) is 6.45. The Balaban J connectivity index is 1.19. The van der Waals surface area contributed by atoms with Crippen LogP contribution in [0.3, 0.4) is 0 Å². The number of rotatable bonds is 8. The number of carbonyl (C=O) groups is 1. The van der Waals surface area contributed by atoms with Crippen LogP contribution in [0, 0.1) is 0 Å². The van der Waals surface area contributed by atoms with Gasteiger partial charge in [0, 0.05) is 62.2 Å². The molecule has 3 heterocycles. The first kappa shape index (κ1) is 28.4. The smallest absolute Gasteiger partial charge is 0.271 e. The predicted octanol–water partition coefficient (Wildman–Crippen LogP) is 3.53. The number of anilines is 4. The molecule has 222 valence electrons. The van der Waals surface area contributed by atoms with E-state index in [4.69, 9.17) is 10.7 Å². The number of hydrogen-bond donors (Lipinski definition) is 4. The van der Waals surface area contributed by atoms with Gasteiger partial charge in [-0.2, -0.15) is 0 Å². The molecule has 1 saturated carbocycles. The molecule has 1 aromatic heterocycles. The first-order valence-electron chi connectivity index (χ1n) is 15.2. The third-order valence-corrected chi connectivity index (χ3v) is 8.99. The lowest BCUT2D eigenvalue weighted by Gasteiger charge is -2.42. The molecule has 2 aliphatic heterocycles. The van der Waals surface area contributed by atoms with Crippen molar-refractivity contribution in [2.45, 2.75) is 50.3 Å². The van der Waals surface area contributed by atoms with Crippen LogP contribution in [0.2, 0.25) is 0 Å². The van der Waals surface area contributed by atoms with E-state index in [1.807, 2.05) is 42.5 Å². The van der Waals surface area contributed by atoms with Gasteiger partial charge >= 0.3 is 0 Å². The lowest BCUT2D eigenvalue weighted by Crippen LogP contribution is -2.52. The molecule has 2 saturated heterocycles. The van der Waals surface area contributed by atoms with E-state index >= 15 is 0 Å². The molecule has 1 aliphatic carbocycles. The minimum absolute atomic E-state index is 0.0708. The Morgan fingerprint density at radius 2 is 1.60 bits per heavy atom. The standard InChI is InChI=1S/C32H42N8O2/c1-38-18-20-40(21-19-38)25-14-16-39(17-15-25)24-12-10-23(11-13-24)34-32-29(30(33)42)36-28(22-6-3-2-4-7-22)31(37-32)35-26-8-5-9-27(26)41/h2-4,6-7,10-13,25-27,41H,5,8-9,14-21H2,1H3,(H2,33,42)(H2,34,35,37)/t26-,27+/m1/s1. The summed E-state index contributed by atoms with van der Waals surface area (Å²) in [5.41, 5.74) is 9.19. The molecule has 0 unspecified atom stereocenters. The molecule has 0 radical (unpaired) electrons. The van der Waals surface area contributed by atoms with Crippen molar-refractivity contribution in [1.82, 2.24) is 19.8 Å². The van der Waals surface area contributed by atoms with Gasteiger partial charge in [-0.25, -0.2) is 9.97 Å². The molecule has 3 fully saturated rings. The first-order valence-corrected chi connectivity index (χ1v) is 15.2. The Morgan fingerprint density at radius 3 is 2.24 bits per heavy atom. The molecule has 3 aliphatic rings. The van der Waals surface area contributed by atoms with Crippen molar-refractivity contribution < 1.29 is 9.90 Å². The van der Waals surface area contributed by atoms with Gasteiger partial charge in [0.15, 0.2) is 17.3 Å². The number of aliphatic hydroxyl groups is 1. The van der Waals surface area contributed by atoms with Gasteiger partial charge in [0.1, 0.15) is 5.69 Å². The van der Waals surface area contributed by atoms with E-state index in [1.54, 1.807) is 0 Å². The van der Waals surface area contributed by atoms with E-state index < -0.39 is 12.0 Å². The van der Waals surface area contributed by atoms with Crippen LogP contribution < -0.4 is 21.3 Å². The number of aromatic nitrogens is 2. The van der Waals surface area contributed by atoms with Gasteiger partial charge < -0.3 is 31.3 Å². The second-order valence-electron chi connectivity index (χ2n) is 11.8. The number of piperazine rings is 1. The number of amides is 1. The summed E-state index contributed by atoms with van der Waals surface area (Å²) in [6.07, 6.45) is 4.43. The van der Waals surface area contributed by atoms with Crippen molar-refractivity contribution in [3.8, 4) is 11.3 Å². The van der Waals surface area contributed by atoms with E-state index in [9.17, 15) is 9.90 Å². The Bertz CT molecular complexity index is 1350. The number of primary amides is 1.